The highest BCUT2D eigenvalue weighted by molar-refractivity contribution is 7.89. The Morgan fingerprint density at radius 1 is 1.48 bits per heavy atom. The largest absolute Gasteiger partial charge is 0.314 e. The normalized spacial score (nSPS) is 20.3. The molecule has 0 aliphatic carbocycles. The van der Waals surface area contributed by atoms with E-state index in [-0.39, 0.29) is 17.5 Å². The Bertz CT molecular complexity index is 619. The van der Waals surface area contributed by atoms with Crippen molar-refractivity contribution in [2.45, 2.75) is 10.9 Å². The first-order valence-corrected chi connectivity index (χ1v) is 8.04. The number of rotatable bonds is 5. The highest BCUT2D eigenvalue weighted by Crippen LogP contribution is 2.22. The van der Waals surface area contributed by atoms with Crippen molar-refractivity contribution in [1.29, 1.82) is 0 Å². The van der Waals surface area contributed by atoms with E-state index in [0.29, 0.717) is 6.54 Å². The summed E-state index contributed by atoms with van der Waals surface area (Å²) >= 11 is 0. The number of benzene rings is 1. The van der Waals surface area contributed by atoms with Gasteiger partial charge in [0.15, 0.2) is 4.90 Å². The van der Waals surface area contributed by atoms with Crippen LogP contribution in [0, 0.1) is 10.1 Å². The molecule has 2 N–H and O–H groups in total. The molecule has 1 aliphatic heterocycles. The predicted molar refractivity (Wildman–Crippen MR) is 77.6 cm³/mol. The third kappa shape index (κ3) is 3.76. The highest BCUT2D eigenvalue weighted by atomic mass is 32.2. The van der Waals surface area contributed by atoms with Crippen LogP contribution in [0.5, 0.6) is 0 Å². The second kappa shape index (κ2) is 6.48. The molecular formula is C12H18N4O4S. The van der Waals surface area contributed by atoms with Gasteiger partial charge in [-0.1, -0.05) is 12.1 Å². The molecule has 0 bridgehead atoms. The Labute approximate surface area is 123 Å². The summed E-state index contributed by atoms with van der Waals surface area (Å²) in [6.45, 7) is 2.58. The third-order valence-electron chi connectivity index (χ3n) is 3.51. The van der Waals surface area contributed by atoms with Gasteiger partial charge in [-0.2, -0.15) is 0 Å². The lowest BCUT2D eigenvalue weighted by Gasteiger charge is -2.33. The molecule has 2 rings (SSSR count). The van der Waals surface area contributed by atoms with Crippen LogP contribution in [0.25, 0.3) is 0 Å². The molecule has 9 heteroatoms. The number of nitro groups is 1. The fraction of sp³-hybridized carbons (Fsp3) is 0.500. The fourth-order valence-electron chi connectivity index (χ4n) is 2.21. The first kappa shape index (κ1) is 15.8. The van der Waals surface area contributed by atoms with Gasteiger partial charge in [-0.15, -0.1) is 0 Å². The average molecular weight is 314 g/mol. The molecular weight excluding hydrogens is 296 g/mol. The second-order valence-electron chi connectivity index (χ2n) is 4.92. The molecule has 0 saturated carbocycles. The molecule has 1 aromatic rings. The van der Waals surface area contributed by atoms with E-state index in [2.05, 4.69) is 14.9 Å². The van der Waals surface area contributed by atoms with Crippen LogP contribution in [0.4, 0.5) is 5.69 Å². The van der Waals surface area contributed by atoms with Crippen LogP contribution in [0.15, 0.2) is 29.2 Å². The summed E-state index contributed by atoms with van der Waals surface area (Å²) in [4.78, 5) is 12.0. The molecule has 1 aromatic carbocycles. The van der Waals surface area contributed by atoms with E-state index in [1.807, 2.05) is 7.05 Å². The Kier molecular flexibility index (Phi) is 4.88. The first-order valence-electron chi connectivity index (χ1n) is 6.56. The zero-order chi connectivity index (χ0) is 15.5. The van der Waals surface area contributed by atoms with Gasteiger partial charge in [0, 0.05) is 38.3 Å². The minimum atomic E-state index is -3.90. The van der Waals surface area contributed by atoms with Crippen molar-refractivity contribution in [1.82, 2.24) is 14.9 Å². The average Bonchev–Trinajstić information content (AvgIpc) is 2.46. The summed E-state index contributed by atoms with van der Waals surface area (Å²) in [5.74, 6) is 0. The van der Waals surface area contributed by atoms with Crippen molar-refractivity contribution in [2.75, 3.05) is 33.2 Å². The number of piperazine rings is 1. The Morgan fingerprint density at radius 2 is 2.19 bits per heavy atom. The monoisotopic (exact) mass is 314 g/mol. The fourth-order valence-corrected chi connectivity index (χ4v) is 3.45. The molecule has 0 amide bonds. The maximum absolute atomic E-state index is 12.3. The maximum Gasteiger partial charge on any atom is 0.289 e. The molecule has 1 atom stereocenters. The first-order chi connectivity index (χ1) is 9.92. The Balaban J connectivity index is 2.13. The van der Waals surface area contributed by atoms with E-state index >= 15 is 0 Å². The number of sulfonamides is 1. The molecule has 1 unspecified atom stereocenters. The minimum absolute atomic E-state index is 0.0243. The van der Waals surface area contributed by atoms with Crippen molar-refractivity contribution in [3.63, 3.8) is 0 Å². The van der Waals surface area contributed by atoms with Crippen LogP contribution >= 0.6 is 0 Å². The summed E-state index contributed by atoms with van der Waals surface area (Å²) in [5.41, 5.74) is -0.417. The zero-order valence-electron chi connectivity index (χ0n) is 11.7. The summed E-state index contributed by atoms with van der Waals surface area (Å²) < 4.78 is 27.0. The van der Waals surface area contributed by atoms with Crippen LogP contribution in [-0.4, -0.2) is 57.5 Å². The van der Waals surface area contributed by atoms with Gasteiger partial charge in [-0.3, -0.25) is 15.0 Å². The summed E-state index contributed by atoms with van der Waals surface area (Å²) in [6, 6.07) is 5.36. The predicted octanol–water partition coefficient (Wildman–Crippen LogP) is -0.223. The quantitative estimate of drug-likeness (QED) is 0.575. The zero-order valence-corrected chi connectivity index (χ0v) is 12.5. The van der Waals surface area contributed by atoms with E-state index in [4.69, 9.17) is 0 Å². The Morgan fingerprint density at radius 3 is 2.86 bits per heavy atom. The van der Waals surface area contributed by atoms with E-state index in [1.54, 1.807) is 0 Å². The van der Waals surface area contributed by atoms with Crippen LogP contribution in [0.1, 0.15) is 0 Å². The Hall–Kier alpha value is -1.55. The van der Waals surface area contributed by atoms with Gasteiger partial charge in [0.1, 0.15) is 0 Å². The topological polar surface area (TPSA) is 105 Å². The number of hydrogen-bond acceptors (Lipinski definition) is 6. The second-order valence-corrected chi connectivity index (χ2v) is 6.65. The van der Waals surface area contributed by atoms with E-state index in [9.17, 15) is 18.5 Å². The van der Waals surface area contributed by atoms with Crippen LogP contribution in [0.3, 0.4) is 0 Å². The van der Waals surface area contributed by atoms with Crippen LogP contribution in [-0.2, 0) is 10.0 Å². The van der Waals surface area contributed by atoms with Crippen molar-refractivity contribution < 1.29 is 13.3 Å². The molecule has 1 saturated heterocycles. The molecule has 8 nitrogen and oxygen atoms in total. The number of likely N-dealkylation sites (N-methyl/N-ethyl adjacent to an activating group) is 1. The number of nitro benzene ring substituents is 1. The summed E-state index contributed by atoms with van der Waals surface area (Å²) in [6.07, 6.45) is 0. The van der Waals surface area contributed by atoms with Crippen LogP contribution in [0.2, 0.25) is 0 Å². The van der Waals surface area contributed by atoms with Crippen molar-refractivity contribution in [3.8, 4) is 0 Å². The van der Waals surface area contributed by atoms with Crippen molar-refractivity contribution in [2.24, 2.45) is 0 Å². The van der Waals surface area contributed by atoms with Gasteiger partial charge in [0.25, 0.3) is 5.69 Å². The summed E-state index contributed by atoms with van der Waals surface area (Å²) in [7, 11) is -1.98. The summed E-state index contributed by atoms with van der Waals surface area (Å²) in [5, 5.41) is 14.1. The van der Waals surface area contributed by atoms with Crippen molar-refractivity contribution in [3.05, 3.63) is 34.4 Å². The lowest BCUT2D eigenvalue weighted by molar-refractivity contribution is -0.387. The van der Waals surface area contributed by atoms with E-state index in [1.165, 1.54) is 24.3 Å². The molecule has 21 heavy (non-hydrogen) atoms. The number of hydrogen-bond donors (Lipinski definition) is 2. The molecule has 1 heterocycles. The minimum Gasteiger partial charge on any atom is -0.314 e. The number of para-hydroxylation sites is 1. The smallest absolute Gasteiger partial charge is 0.289 e. The van der Waals surface area contributed by atoms with Crippen molar-refractivity contribution >= 4 is 15.7 Å². The SMILES string of the molecule is CN1CCNCC1CNS(=O)(=O)c1ccccc1[N+](=O)[O-]. The standard InChI is InChI=1S/C12H18N4O4S/c1-15-7-6-13-8-10(15)9-14-21(19,20)12-5-3-2-4-11(12)16(17)18/h2-5,10,13-14H,6-9H2,1H3. The van der Waals surface area contributed by atoms with Gasteiger partial charge < -0.3 is 5.32 Å². The number of nitrogens with zero attached hydrogens (tertiary/aromatic N) is 2. The lowest BCUT2D eigenvalue weighted by Crippen LogP contribution is -2.53. The van der Waals surface area contributed by atoms with Gasteiger partial charge in [0.2, 0.25) is 10.0 Å². The molecule has 1 aliphatic rings. The van der Waals surface area contributed by atoms with Gasteiger partial charge in [-0.05, 0) is 13.1 Å². The molecule has 0 spiro atoms. The molecule has 116 valence electrons. The van der Waals surface area contributed by atoms with E-state index < -0.39 is 20.6 Å². The third-order valence-corrected chi connectivity index (χ3v) is 4.98. The molecule has 0 radical (unpaired) electrons. The number of nitrogens with one attached hydrogen (secondary N) is 2. The van der Waals surface area contributed by atoms with E-state index in [0.717, 1.165) is 13.1 Å². The highest BCUT2D eigenvalue weighted by Gasteiger charge is 2.27. The lowest BCUT2D eigenvalue weighted by atomic mass is 10.2. The molecule has 1 fully saturated rings. The van der Waals surface area contributed by atoms with Gasteiger partial charge in [-0.25, -0.2) is 13.1 Å². The van der Waals surface area contributed by atoms with Gasteiger partial charge in [0.05, 0.1) is 4.92 Å². The van der Waals surface area contributed by atoms with Crippen LogP contribution < -0.4 is 10.0 Å². The molecule has 0 aromatic heterocycles. The van der Waals surface area contributed by atoms with Gasteiger partial charge >= 0.3 is 0 Å². The maximum atomic E-state index is 12.3.